The van der Waals surface area contributed by atoms with Crippen LogP contribution in [0.15, 0.2) is 84.9 Å². The lowest BCUT2D eigenvalue weighted by Crippen LogP contribution is -2.09. The Morgan fingerprint density at radius 2 is 0.917 bits per heavy atom. The monoisotopic (exact) mass is 482 g/mol. The summed E-state index contributed by atoms with van der Waals surface area (Å²) < 4.78 is 11.1. The first-order valence-electron chi connectivity index (χ1n) is 10.7. The molecule has 5 rings (SSSR count). The maximum atomic E-state index is 12.6. The number of benzene rings is 5. The number of aromatic hydroxyl groups is 4. The Hall–Kier alpha value is -5.24. The Morgan fingerprint density at radius 3 is 1.31 bits per heavy atom. The molecule has 0 aliphatic rings. The first-order chi connectivity index (χ1) is 17.3. The minimum atomic E-state index is -0.710. The van der Waals surface area contributed by atoms with Gasteiger partial charge in [0.15, 0.2) is 23.0 Å². The highest BCUT2D eigenvalue weighted by molar-refractivity contribution is 6.05. The van der Waals surface area contributed by atoms with Crippen molar-refractivity contribution in [3.05, 3.63) is 96.1 Å². The number of hydrogen-bond acceptors (Lipinski definition) is 8. The van der Waals surface area contributed by atoms with Gasteiger partial charge < -0.3 is 29.9 Å². The van der Waals surface area contributed by atoms with E-state index in [0.717, 1.165) is 12.1 Å². The number of fused-ring (bicyclic) bond motifs is 2. The number of ether oxygens (including phenoxy) is 2. The molecule has 178 valence electrons. The van der Waals surface area contributed by atoms with E-state index < -0.39 is 23.4 Å². The second kappa shape index (κ2) is 8.84. The standard InChI is InChI=1S/C28H18O8/c29-21-9-7-17(13-23(21)31)27(33)35-25-5-1-3-15-11-20-16(12-19(15)25)4-2-6-26(20)36-28(34)18-8-10-22(30)24(32)14-18/h1-14,29-32H. The predicted molar refractivity (Wildman–Crippen MR) is 131 cm³/mol. The zero-order valence-electron chi connectivity index (χ0n) is 18.5. The van der Waals surface area contributed by atoms with E-state index in [4.69, 9.17) is 9.47 Å². The van der Waals surface area contributed by atoms with Crippen LogP contribution in [0.25, 0.3) is 21.5 Å². The molecule has 0 fully saturated rings. The zero-order chi connectivity index (χ0) is 25.4. The molecule has 8 nitrogen and oxygen atoms in total. The predicted octanol–water partition coefficient (Wildman–Crippen LogP) is 5.25. The van der Waals surface area contributed by atoms with Crippen LogP contribution in [0.5, 0.6) is 34.5 Å². The Bertz CT molecular complexity index is 1550. The van der Waals surface area contributed by atoms with Gasteiger partial charge in [-0.25, -0.2) is 9.59 Å². The van der Waals surface area contributed by atoms with E-state index in [9.17, 15) is 30.0 Å². The van der Waals surface area contributed by atoms with Gasteiger partial charge >= 0.3 is 11.9 Å². The fraction of sp³-hybridized carbons (Fsp3) is 0. The first kappa shape index (κ1) is 22.5. The molecule has 5 aromatic rings. The third-order valence-corrected chi connectivity index (χ3v) is 5.63. The molecule has 8 heteroatoms. The molecular formula is C28H18O8. The fourth-order valence-corrected chi connectivity index (χ4v) is 3.79. The van der Waals surface area contributed by atoms with Crippen molar-refractivity contribution in [3.8, 4) is 34.5 Å². The second-order valence-electron chi connectivity index (χ2n) is 7.99. The van der Waals surface area contributed by atoms with Gasteiger partial charge in [-0.15, -0.1) is 0 Å². The van der Waals surface area contributed by atoms with Gasteiger partial charge in [0.2, 0.25) is 0 Å². The number of carbonyl (C=O) groups is 2. The molecule has 0 unspecified atom stereocenters. The van der Waals surface area contributed by atoms with Gasteiger partial charge in [0.05, 0.1) is 11.1 Å². The second-order valence-corrected chi connectivity index (χ2v) is 7.99. The molecule has 0 aliphatic carbocycles. The average Bonchev–Trinajstić information content (AvgIpc) is 2.86. The fourth-order valence-electron chi connectivity index (χ4n) is 3.79. The minimum Gasteiger partial charge on any atom is -0.504 e. The van der Waals surface area contributed by atoms with Crippen LogP contribution in [0.2, 0.25) is 0 Å². The average molecular weight is 482 g/mol. The normalized spacial score (nSPS) is 10.9. The van der Waals surface area contributed by atoms with Gasteiger partial charge in [0.25, 0.3) is 0 Å². The maximum absolute atomic E-state index is 12.6. The molecule has 0 amide bonds. The van der Waals surface area contributed by atoms with Crippen LogP contribution >= 0.6 is 0 Å². The Labute approximate surface area is 203 Å². The van der Waals surface area contributed by atoms with Gasteiger partial charge in [0.1, 0.15) is 11.5 Å². The Morgan fingerprint density at radius 1 is 0.500 bits per heavy atom. The van der Waals surface area contributed by atoms with Crippen molar-refractivity contribution in [1.29, 1.82) is 0 Å². The molecule has 5 aromatic carbocycles. The summed E-state index contributed by atoms with van der Waals surface area (Å²) in [7, 11) is 0. The summed E-state index contributed by atoms with van der Waals surface area (Å²) in [5, 5.41) is 41.0. The van der Waals surface area contributed by atoms with E-state index in [0.29, 0.717) is 21.5 Å². The highest BCUT2D eigenvalue weighted by Gasteiger charge is 2.16. The number of carbonyl (C=O) groups excluding carboxylic acids is 2. The minimum absolute atomic E-state index is 0.0672. The van der Waals surface area contributed by atoms with Crippen LogP contribution in [0.4, 0.5) is 0 Å². The number of rotatable bonds is 4. The number of hydrogen-bond donors (Lipinski definition) is 4. The lowest BCUT2D eigenvalue weighted by Gasteiger charge is -2.12. The van der Waals surface area contributed by atoms with Gasteiger partial charge in [-0.1, -0.05) is 24.3 Å². The molecule has 0 saturated heterocycles. The molecule has 0 radical (unpaired) electrons. The van der Waals surface area contributed by atoms with Crippen LogP contribution in [0.3, 0.4) is 0 Å². The van der Waals surface area contributed by atoms with Gasteiger partial charge in [-0.3, -0.25) is 0 Å². The molecule has 0 bridgehead atoms. The van der Waals surface area contributed by atoms with Crippen LogP contribution in [-0.2, 0) is 0 Å². The Balaban J connectivity index is 1.49. The summed E-state index contributed by atoms with van der Waals surface area (Å²) >= 11 is 0. The molecule has 0 atom stereocenters. The molecule has 0 aromatic heterocycles. The van der Waals surface area contributed by atoms with E-state index in [1.165, 1.54) is 24.3 Å². The third kappa shape index (κ3) is 4.19. The highest BCUT2D eigenvalue weighted by atomic mass is 16.5. The summed E-state index contributed by atoms with van der Waals surface area (Å²) in [4.78, 5) is 25.3. The van der Waals surface area contributed by atoms with Crippen molar-refractivity contribution >= 4 is 33.5 Å². The van der Waals surface area contributed by atoms with Crippen molar-refractivity contribution < 1.29 is 39.5 Å². The topological polar surface area (TPSA) is 134 Å². The number of esters is 2. The van der Waals surface area contributed by atoms with E-state index in [2.05, 4.69) is 0 Å². The van der Waals surface area contributed by atoms with Gasteiger partial charge in [0, 0.05) is 10.8 Å². The molecule has 0 aliphatic heterocycles. The quantitative estimate of drug-likeness (QED) is 0.118. The molecule has 0 saturated carbocycles. The van der Waals surface area contributed by atoms with Crippen molar-refractivity contribution in [2.45, 2.75) is 0 Å². The SMILES string of the molecule is O=C(Oc1cccc2cc3c(OC(=O)c4ccc(O)c(O)c4)cccc3cc12)c1ccc(O)c(O)c1. The number of phenols is 4. The Kier molecular flexibility index (Phi) is 5.54. The lowest BCUT2D eigenvalue weighted by atomic mass is 10.0. The summed E-state index contributed by atoms with van der Waals surface area (Å²) in [6, 6.07) is 21.2. The molecule has 4 N–H and O–H groups in total. The van der Waals surface area contributed by atoms with E-state index >= 15 is 0 Å². The highest BCUT2D eigenvalue weighted by Crippen LogP contribution is 2.35. The number of phenolic OH excluding ortho intramolecular Hbond substituents is 4. The molecule has 36 heavy (non-hydrogen) atoms. The van der Waals surface area contributed by atoms with Crippen LogP contribution in [-0.4, -0.2) is 32.4 Å². The zero-order valence-corrected chi connectivity index (χ0v) is 18.5. The first-order valence-corrected chi connectivity index (χ1v) is 10.7. The van der Waals surface area contributed by atoms with E-state index in [1.54, 1.807) is 36.4 Å². The van der Waals surface area contributed by atoms with Crippen LogP contribution in [0.1, 0.15) is 20.7 Å². The lowest BCUT2D eigenvalue weighted by molar-refractivity contribution is 0.0727. The maximum Gasteiger partial charge on any atom is 0.343 e. The smallest absolute Gasteiger partial charge is 0.343 e. The van der Waals surface area contributed by atoms with E-state index in [1.807, 2.05) is 12.1 Å². The summed E-state index contributed by atoms with van der Waals surface area (Å²) in [5.41, 5.74) is 0.134. The van der Waals surface area contributed by atoms with Crippen LogP contribution in [0, 0.1) is 0 Å². The van der Waals surface area contributed by atoms with Gasteiger partial charge in [-0.05, 0) is 71.4 Å². The van der Waals surface area contributed by atoms with Crippen molar-refractivity contribution in [2.75, 3.05) is 0 Å². The van der Waals surface area contributed by atoms with E-state index in [-0.39, 0.29) is 34.1 Å². The molecular weight excluding hydrogens is 464 g/mol. The van der Waals surface area contributed by atoms with Crippen molar-refractivity contribution in [3.63, 3.8) is 0 Å². The molecule has 0 heterocycles. The summed E-state index contributed by atoms with van der Waals surface area (Å²) in [6.07, 6.45) is 0. The van der Waals surface area contributed by atoms with Crippen molar-refractivity contribution in [2.24, 2.45) is 0 Å². The summed E-state index contributed by atoms with van der Waals surface area (Å²) in [6.45, 7) is 0. The van der Waals surface area contributed by atoms with Crippen LogP contribution < -0.4 is 9.47 Å². The van der Waals surface area contributed by atoms with Crippen molar-refractivity contribution in [1.82, 2.24) is 0 Å². The molecule has 0 spiro atoms. The van der Waals surface area contributed by atoms with Gasteiger partial charge in [-0.2, -0.15) is 0 Å². The summed E-state index contributed by atoms with van der Waals surface area (Å²) in [5.74, 6) is -2.40. The third-order valence-electron chi connectivity index (χ3n) is 5.63. The largest absolute Gasteiger partial charge is 0.504 e.